The first-order valence-corrected chi connectivity index (χ1v) is 4.98. The molecule has 1 aromatic rings. The lowest BCUT2D eigenvalue weighted by atomic mass is 9.99. The summed E-state index contributed by atoms with van der Waals surface area (Å²) in [6.45, 7) is 1.84. The first-order chi connectivity index (χ1) is 7.55. The molecule has 1 aliphatic rings. The minimum absolute atomic E-state index is 0.0860. The fourth-order valence-corrected chi connectivity index (χ4v) is 1.71. The van der Waals surface area contributed by atoms with Crippen LogP contribution in [0.15, 0.2) is 10.8 Å². The average Bonchev–Trinajstić information content (AvgIpc) is 2.83. The zero-order valence-electron chi connectivity index (χ0n) is 8.82. The van der Waals surface area contributed by atoms with Crippen molar-refractivity contribution >= 4 is 11.9 Å². The SMILES string of the molecule is CC(=O)NCC1(c2nocc2C(=O)O)CC1. The summed E-state index contributed by atoms with van der Waals surface area (Å²) in [4.78, 5) is 21.7. The van der Waals surface area contributed by atoms with Gasteiger partial charge in [-0.05, 0) is 12.8 Å². The van der Waals surface area contributed by atoms with E-state index >= 15 is 0 Å². The second-order valence-electron chi connectivity index (χ2n) is 4.07. The fourth-order valence-electron chi connectivity index (χ4n) is 1.71. The third kappa shape index (κ3) is 1.78. The van der Waals surface area contributed by atoms with Crippen LogP contribution >= 0.6 is 0 Å². The van der Waals surface area contributed by atoms with Crippen molar-refractivity contribution in [3.8, 4) is 0 Å². The molecule has 0 radical (unpaired) electrons. The van der Waals surface area contributed by atoms with E-state index in [9.17, 15) is 9.59 Å². The molecule has 0 aliphatic heterocycles. The van der Waals surface area contributed by atoms with E-state index < -0.39 is 5.97 Å². The van der Waals surface area contributed by atoms with Crippen LogP contribution in [0.3, 0.4) is 0 Å². The van der Waals surface area contributed by atoms with Crippen LogP contribution in [-0.2, 0) is 10.2 Å². The van der Waals surface area contributed by atoms with Gasteiger partial charge in [0.1, 0.15) is 17.5 Å². The molecule has 0 unspecified atom stereocenters. The van der Waals surface area contributed by atoms with E-state index in [0.717, 1.165) is 19.1 Å². The molecule has 0 atom stereocenters. The van der Waals surface area contributed by atoms with Crippen LogP contribution < -0.4 is 5.32 Å². The van der Waals surface area contributed by atoms with Gasteiger partial charge in [0.25, 0.3) is 0 Å². The Bertz CT molecular complexity index is 434. The molecule has 0 aromatic carbocycles. The quantitative estimate of drug-likeness (QED) is 0.778. The number of carboxylic acid groups (broad SMARTS) is 1. The summed E-state index contributed by atoms with van der Waals surface area (Å²) in [5.74, 6) is -1.18. The Morgan fingerprint density at radius 1 is 1.62 bits per heavy atom. The molecule has 0 saturated heterocycles. The zero-order valence-corrected chi connectivity index (χ0v) is 8.82. The van der Waals surface area contributed by atoms with Crippen molar-refractivity contribution in [2.75, 3.05) is 6.54 Å². The minimum Gasteiger partial charge on any atom is -0.478 e. The average molecular weight is 224 g/mol. The number of nitrogens with zero attached hydrogens (tertiary/aromatic N) is 1. The minimum atomic E-state index is -1.05. The molecule has 2 rings (SSSR count). The Morgan fingerprint density at radius 3 is 2.81 bits per heavy atom. The molecule has 16 heavy (non-hydrogen) atoms. The number of carbonyl (C=O) groups is 2. The second-order valence-corrected chi connectivity index (χ2v) is 4.07. The maximum absolute atomic E-state index is 10.9. The van der Waals surface area contributed by atoms with Crippen LogP contribution in [0.25, 0.3) is 0 Å². The monoisotopic (exact) mass is 224 g/mol. The van der Waals surface area contributed by atoms with Gasteiger partial charge in [0.2, 0.25) is 5.91 Å². The van der Waals surface area contributed by atoms with E-state index in [1.54, 1.807) is 0 Å². The topological polar surface area (TPSA) is 92.4 Å². The number of hydrogen-bond acceptors (Lipinski definition) is 4. The van der Waals surface area contributed by atoms with Gasteiger partial charge >= 0.3 is 5.97 Å². The molecule has 2 N–H and O–H groups in total. The summed E-state index contributed by atoms with van der Waals surface area (Å²) >= 11 is 0. The Hall–Kier alpha value is -1.85. The maximum Gasteiger partial charge on any atom is 0.340 e. The van der Waals surface area contributed by atoms with E-state index in [1.807, 2.05) is 0 Å². The Balaban J connectivity index is 2.19. The summed E-state index contributed by atoms with van der Waals surface area (Å²) in [6.07, 6.45) is 2.77. The van der Waals surface area contributed by atoms with Gasteiger partial charge in [-0.1, -0.05) is 5.16 Å². The third-order valence-corrected chi connectivity index (χ3v) is 2.83. The Labute approximate surface area is 91.6 Å². The number of amides is 1. The van der Waals surface area contributed by atoms with Gasteiger partial charge in [0, 0.05) is 18.9 Å². The number of rotatable bonds is 4. The molecule has 1 amide bonds. The van der Waals surface area contributed by atoms with Crippen molar-refractivity contribution in [2.45, 2.75) is 25.2 Å². The molecule has 86 valence electrons. The molecular weight excluding hydrogens is 212 g/mol. The molecule has 1 fully saturated rings. The number of aromatic carboxylic acids is 1. The van der Waals surface area contributed by atoms with E-state index in [-0.39, 0.29) is 16.9 Å². The summed E-state index contributed by atoms with van der Waals surface area (Å²) in [5, 5.41) is 15.4. The first-order valence-electron chi connectivity index (χ1n) is 4.98. The molecule has 1 aliphatic carbocycles. The molecule has 0 spiro atoms. The molecule has 1 heterocycles. The van der Waals surface area contributed by atoms with Crippen LogP contribution in [0.4, 0.5) is 0 Å². The van der Waals surface area contributed by atoms with Gasteiger partial charge in [0.05, 0.1) is 0 Å². The molecule has 6 heteroatoms. The second kappa shape index (κ2) is 3.62. The van der Waals surface area contributed by atoms with Gasteiger partial charge in [-0.15, -0.1) is 0 Å². The molecule has 0 bridgehead atoms. The van der Waals surface area contributed by atoms with Gasteiger partial charge in [0.15, 0.2) is 0 Å². The highest BCUT2D eigenvalue weighted by Crippen LogP contribution is 2.48. The van der Waals surface area contributed by atoms with Crippen molar-refractivity contribution in [1.82, 2.24) is 10.5 Å². The van der Waals surface area contributed by atoms with E-state index in [2.05, 4.69) is 10.5 Å². The van der Waals surface area contributed by atoms with Crippen molar-refractivity contribution in [3.05, 3.63) is 17.5 Å². The molecule has 1 aromatic heterocycles. The number of carbonyl (C=O) groups excluding carboxylic acids is 1. The number of nitrogens with one attached hydrogen (secondary N) is 1. The van der Waals surface area contributed by atoms with E-state index in [1.165, 1.54) is 6.92 Å². The Morgan fingerprint density at radius 2 is 2.31 bits per heavy atom. The Kier molecular flexibility index (Phi) is 2.41. The predicted octanol–water partition coefficient (Wildman–Crippen LogP) is 0.540. The first kappa shape index (κ1) is 10.7. The fraction of sp³-hybridized carbons (Fsp3) is 0.500. The zero-order chi connectivity index (χ0) is 11.8. The largest absolute Gasteiger partial charge is 0.478 e. The van der Waals surface area contributed by atoms with Crippen LogP contribution in [0.2, 0.25) is 0 Å². The van der Waals surface area contributed by atoms with Gasteiger partial charge in [-0.25, -0.2) is 4.79 Å². The van der Waals surface area contributed by atoms with E-state index in [0.29, 0.717) is 12.2 Å². The highest BCUT2D eigenvalue weighted by Gasteiger charge is 2.49. The standard InChI is InChI=1S/C10H12N2O4/c1-6(13)11-5-10(2-3-10)8-7(9(14)15)4-16-12-8/h4H,2-3,5H2,1H3,(H,11,13)(H,14,15). The van der Waals surface area contributed by atoms with Crippen molar-refractivity contribution in [2.24, 2.45) is 0 Å². The number of carboxylic acids is 1. The summed E-state index contributed by atoms with van der Waals surface area (Å²) in [7, 11) is 0. The lowest BCUT2D eigenvalue weighted by Gasteiger charge is -2.12. The highest BCUT2D eigenvalue weighted by molar-refractivity contribution is 5.89. The summed E-state index contributed by atoms with van der Waals surface area (Å²) < 4.78 is 4.70. The lowest BCUT2D eigenvalue weighted by molar-refractivity contribution is -0.119. The predicted molar refractivity (Wildman–Crippen MR) is 53.1 cm³/mol. The van der Waals surface area contributed by atoms with Crippen molar-refractivity contribution in [3.63, 3.8) is 0 Å². The van der Waals surface area contributed by atoms with Crippen LogP contribution in [0.1, 0.15) is 35.8 Å². The van der Waals surface area contributed by atoms with Crippen LogP contribution in [0.5, 0.6) is 0 Å². The van der Waals surface area contributed by atoms with Crippen molar-refractivity contribution in [1.29, 1.82) is 0 Å². The van der Waals surface area contributed by atoms with E-state index in [4.69, 9.17) is 9.63 Å². The third-order valence-electron chi connectivity index (χ3n) is 2.83. The molecular formula is C10H12N2O4. The lowest BCUT2D eigenvalue weighted by Crippen LogP contribution is -2.31. The number of hydrogen-bond donors (Lipinski definition) is 2. The van der Waals surface area contributed by atoms with Crippen molar-refractivity contribution < 1.29 is 19.2 Å². The summed E-state index contributed by atoms with van der Waals surface area (Å²) in [5.41, 5.74) is 0.184. The van der Waals surface area contributed by atoms with Crippen LogP contribution in [-0.4, -0.2) is 28.7 Å². The smallest absolute Gasteiger partial charge is 0.340 e. The van der Waals surface area contributed by atoms with Gasteiger partial charge in [-0.2, -0.15) is 0 Å². The summed E-state index contributed by atoms with van der Waals surface area (Å²) in [6, 6.07) is 0. The van der Waals surface area contributed by atoms with Crippen LogP contribution in [0, 0.1) is 0 Å². The van der Waals surface area contributed by atoms with Gasteiger partial charge < -0.3 is 14.9 Å². The number of aromatic nitrogens is 1. The molecule has 1 saturated carbocycles. The molecule has 6 nitrogen and oxygen atoms in total. The normalized spacial score (nSPS) is 16.8. The maximum atomic E-state index is 10.9. The van der Waals surface area contributed by atoms with Gasteiger partial charge in [-0.3, -0.25) is 4.79 Å². The highest BCUT2D eigenvalue weighted by atomic mass is 16.5.